The van der Waals surface area contributed by atoms with Gasteiger partial charge in [0, 0.05) is 22.8 Å². The van der Waals surface area contributed by atoms with Crippen molar-refractivity contribution < 1.29 is 9.90 Å². The average molecular weight is 337 g/mol. The van der Waals surface area contributed by atoms with Gasteiger partial charge in [-0.1, -0.05) is 60.1 Å². The highest BCUT2D eigenvalue weighted by molar-refractivity contribution is 6.30. The SMILES string of the molecule is O=C(c1ccc(Cl)cc1)c1cccc(CCO)c1-c1ccccc1. The van der Waals surface area contributed by atoms with Crippen LogP contribution in [0.25, 0.3) is 11.1 Å². The molecule has 1 N–H and O–H groups in total. The fraction of sp³-hybridized carbons (Fsp3) is 0.0952. The van der Waals surface area contributed by atoms with E-state index in [9.17, 15) is 9.90 Å². The average Bonchev–Trinajstić information content (AvgIpc) is 2.62. The summed E-state index contributed by atoms with van der Waals surface area (Å²) in [5.41, 5.74) is 4.04. The molecule has 0 amide bonds. The van der Waals surface area contributed by atoms with E-state index in [0.717, 1.165) is 16.7 Å². The standard InChI is InChI=1S/C21H17ClO2/c22-18-11-9-17(10-12-18)21(24)19-8-4-7-16(13-14-23)20(19)15-5-2-1-3-6-15/h1-12,23H,13-14H2. The molecule has 120 valence electrons. The van der Waals surface area contributed by atoms with Crippen LogP contribution in [0.15, 0.2) is 72.8 Å². The number of benzene rings is 3. The third kappa shape index (κ3) is 3.40. The zero-order chi connectivity index (χ0) is 16.9. The van der Waals surface area contributed by atoms with E-state index in [-0.39, 0.29) is 12.4 Å². The van der Waals surface area contributed by atoms with Gasteiger partial charge < -0.3 is 5.11 Å². The summed E-state index contributed by atoms with van der Waals surface area (Å²) in [5.74, 6) is -0.0506. The van der Waals surface area contributed by atoms with E-state index in [1.54, 1.807) is 24.3 Å². The first kappa shape index (κ1) is 16.4. The van der Waals surface area contributed by atoms with Crippen LogP contribution in [-0.4, -0.2) is 17.5 Å². The van der Waals surface area contributed by atoms with Crippen LogP contribution in [0, 0.1) is 0 Å². The molecule has 0 saturated heterocycles. The van der Waals surface area contributed by atoms with E-state index < -0.39 is 0 Å². The molecule has 0 radical (unpaired) electrons. The molecule has 3 aromatic carbocycles. The van der Waals surface area contributed by atoms with E-state index in [1.807, 2.05) is 48.5 Å². The Bertz CT molecular complexity index is 839. The highest BCUT2D eigenvalue weighted by atomic mass is 35.5. The van der Waals surface area contributed by atoms with Gasteiger partial charge in [-0.05, 0) is 47.4 Å². The lowest BCUT2D eigenvalue weighted by atomic mass is 9.89. The molecule has 0 bridgehead atoms. The second-order valence-electron chi connectivity index (χ2n) is 5.52. The lowest BCUT2D eigenvalue weighted by Crippen LogP contribution is -2.06. The zero-order valence-corrected chi connectivity index (χ0v) is 13.8. The summed E-state index contributed by atoms with van der Waals surface area (Å²) in [5, 5.41) is 9.97. The summed E-state index contributed by atoms with van der Waals surface area (Å²) in [6, 6.07) is 22.4. The first-order valence-electron chi connectivity index (χ1n) is 7.79. The maximum atomic E-state index is 13.0. The molecular weight excluding hydrogens is 320 g/mol. The quantitative estimate of drug-likeness (QED) is 0.681. The molecule has 0 saturated carbocycles. The highest BCUT2D eigenvalue weighted by Gasteiger charge is 2.17. The number of rotatable bonds is 5. The van der Waals surface area contributed by atoms with Crippen molar-refractivity contribution in [2.75, 3.05) is 6.61 Å². The molecule has 0 heterocycles. The highest BCUT2D eigenvalue weighted by Crippen LogP contribution is 2.30. The van der Waals surface area contributed by atoms with Crippen LogP contribution in [0.2, 0.25) is 5.02 Å². The normalized spacial score (nSPS) is 10.6. The minimum atomic E-state index is -0.0506. The van der Waals surface area contributed by atoms with Gasteiger partial charge in [0.2, 0.25) is 0 Å². The second kappa shape index (κ2) is 7.43. The Morgan fingerprint density at radius 3 is 2.25 bits per heavy atom. The van der Waals surface area contributed by atoms with Gasteiger partial charge in [0.25, 0.3) is 0 Å². The Kier molecular flexibility index (Phi) is 5.09. The number of ketones is 1. The van der Waals surface area contributed by atoms with Crippen LogP contribution in [0.1, 0.15) is 21.5 Å². The van der Waals surface area contributed by atoms with Crippen molar-refractivity contribution in [3.8, 4) is 11.1 Å². The number of aliphatic hydroxyl groups excluding tert-OH is 1. The molecule has 0 aliphatic heterocycles. The molecule has 0 spiro atoms. The summed E-state index contributed by atoms with van der Waals surface area (Å²) in [7, 11) is 0. The van der Waals surface area contributed by atoms with Gasteiger partial charge in [-0.25, -0.2) is 0 Å². The van der Waals surface area contributed by atoms with Crippen molar-refractivity contribution in [1.82, 2.24) is 0 Å². The largest absolute Gasteiger partial charge is 0.396 e. The van der Waals surface area contributed by atoms with Gasteiger partial charge in [-0.15, -0.1) is 0 Å². The van der Waals surface area contributed by atoms with E-state index in [2.05, 4.69) is 0 Å². The van der Waals surface area contributed by atoms with Crippen LogP contribution in [0.3, 0.4) is 0 Å². The molecule has 3 heteroatoms. The van der Waals surface area contributed by atoms with E-state index in [0.29, 0.717) is 22.6 Å². The third-order valence-corrected chi connectivity index (χ3v) is 4.20. The second-order valence-corrected chi connectivity index (χ2v) is 5.95. The lowest BCUT2D eigenvalue weighted by molar-refractivity contribution is 0.103. The van der Waals surface area contributed by atoms with Crippen molar-refractivity contribution in [2.24, 2.45) is 0 Å². The molecule has 0 aromatic heterocycles. The van der Waals surface area contributed by atoms with Crippen molar-refractivity contribution in [1.29, 1.82) is 0 Å². The molecule has 3 aromatic rings. The number of halogens is 1. The fourth-order valence-electron chi connectivity index (χ4n) is 2.82. The Morgan fingerprint density at radius 2 is 1.58 bits per heavy atom. The van der Waals surface area contributed by atoms with Gasteiger partial charge in [0.15, 0.2) is 5.78 Å². The summed E-state index contributed by atoms with van der Waals surface area (Å²) in [6.07, 6.45) is 0.506. The van der Waals surface area contributed by atoms with Crippen LogP contribution in [0.4, 0.5) is 0 Å². The molecule has 0 fully saturated rings. The number of carbonyl (C=O) groups excluding carboxylic acids is 1. The molecule has 0 aliphatic rings. The Hall–Kier alpha value is -2.42. The van der Waals surface area contributed by atoms with Gasteiger partial charge in [0.1, 0.15) is 0 Å². The first-order chi connectivity index (χ1) is 11.7. The van der Waals surface area contributed by atoms with Crippen LogP contribution < -0.4 is 0 Å². The summed E-state index contributed by atoms with van der Waals surface area (Å²) >= 11 is 5.92. The topological polar surface area (TPSA) is 37.3 Å². The number of hydrogen-bond acceptors (Lipinski definition) is 2. The Labute approximate surface area is 146 Å². The third-order valence-electron chi connectivity index (χ3n) is 3.95. The smallest absolute Gasteiger partial charge is 0.193 e. The van der Waals surface area contributed by atoms with E-state index in [4.69, 9.17) is 11.6 Å². The molecule has 24 heavy (non-hydrogen) atoms. The monoisotopic (exact) mass is 336 g/mol. The van der Waals surface area contributed by atoms with Gasteiger partial charge in [0.05, 0.1) is 0 Å². The van der Waals surface area contributed by atoms with E-state index >= 15 is 0 Å². The van der Waals surface area contributed by atoms with Gasteiger partial charge in [-0.2, -0.15) is 0 Å². The predicted octanol–water partition coefficient (Wildman–Crippen LogP) is 4.77. The lowest BCUT2D eigenvalue weighted by Gasteiger charge is -2.14. The molecule has 0 aliphatic carbocycles. The van der Waals surface area contributed by atoms with Crippen molar-refractivity contribution >= 4 is 17.4 Å². The van der Waals surface area contributed by atoms with E-state index in [1.165, 1.54) is 0 Å². The fourth-order valence-corrected chi connectivity index (χ4v) is 2.95. The Morgan fingerprint density at radius 1 is 0.875 bits per heavy atom. The maximum absolute atomic E-state index is 13.0. The summed E-state index contributed by atoms with van der Waals surface area (Å²) < 4.78 is 0. The molecular formula is C21H17ClO2. The Balaban J connectivity index is 2.15. The minimum absolute atomic E-state index is 0.0401. The number of carbonyl (C=O) groups is 1. The molecule has 0 atom stereocenters. The molecule has 0 unspecified atom stereocenters. The molecule has 3 rings (SSSR count). The van der Waals surface area contributed by atoms with Crippen LogP contribution in [-0.2, 0) is 6.42 Å². The van der Waals surface area contributed by atoms with Gasteiger partial charge in [-0.3, -0.25) is 4.79 Å². The summed E-state index contributed by atoms with van der Waals surface area (Å²) in [4.78, 5) is 13.0. The first-order valence-corrected chi connectivity index (χ1v) is 8.17. The van der Waals surface area contributed by atoms with Crippen molar-refractivity contribution in [3.63, 3.8) is 0 Å². The van der Waals surface area contributed by atoms with Crippen molar-refractivity contribution in [3.05, 3.63) is 94.5 Å². The van der Waals surface area contributed by atoms with Crippen LogP contribution in [0.5, 0.6) is 0 Å². The zero-order valence-electron chi connectivity index (χ0n) is 13.1. The van der Waals surface area contributed by atoms with Crippen molar-refractivity contribution in [2.45, 2.75) is 6.42 Å². The minimum Gasteiger partial charge on any atom is -0.396 e. The predicted molar refractivity (Wildman–Crippen MR) is 97.6 cm³/mol. The maximum Gasteiger partial charge on any atom is 0.193 e. The molecule has 2 nitrogen and oxygen atoms in total. The summed E-state index contributed by atoms with van der Waals surface area (Å²) in [6.45, 7) is 0.0401. The van der Waals surface area contributed by atoms with Gasteiger partial charge >= 0.3 is 0 Å². The number of aliphatic hydroxyl groups is 1. The van der Waals surface area contributed by atoms with Crippen LogP contribution >= 0.6 is 11.6 Å². The number of hydrogen-bond donors (Lipinski definition) is 1.